The second-order valence-electron chi connectivity index (χ2n) is 5.68. The van der Waals surface area contributed by atoms with Gasteiger partial charge in [0.2, 0.25) is 0 Å². The lowest BCUT2D eigenvalue weighted by molar-refractivity contribution is -0.154. The van der Waals surface area contributed by atoms with Gasteiger partial charge in [-0.1, -0.05) is 36.4 Å². The van der Waals surface area contributed by atoms with Gasteiger partial charge in [-0.05, 0) is 32.0 Å². The highest BCUT2D eigenvalue weighted by Crippen LogP contribution is 2.23. The Morgan fingerprint density at radius 2 is 1.69 bits per heavy atom. The number of carbonyl (C=O) groups excluding carboxylic acids is 2. The SMILES string of the molecule is COc1ccccc1CNC(=O)C(C)OC(=O)C(C)Sc1ccccc1. The van der Waals surface area contributed by atoms with Gasteiger partial charge in [0.1, 0.15) is 11.0 Å². The summed E-state index contributed by atoms with van der Waals surface area (Å²) in [6.45, 7) is 3.63. The predicted octanol–water partition coefficient (Wildman–Crippen LogP) is 3.42. The third kappa shape index (κ3) is 5.81. The smallest absolute Gasteiger partial charge is 0.319 e. The van der Waals surface area contributed by atoms with Crippen molar-refractivity contribution in [3.8, 4) is 5.75 Å². The first kappa shape index (κ1) is 19.8. The second kappa shape index (κ2) is 9.87. The van der Waals surface area contributed by atoms with Crippen molar-refractivity contribution in [2.24, 2.45) is 0 Å². The number of carbonyl (C=O) groups is 2. The molecular weight excluding hydrogens is 350 g/mol. The fourth-order valence-electron chi connectivity index (χ4n) is 2.25. The molecule has 6 heteroatoms. The fourth-order valence-corrected chi connectivity index (χ4v) is 3.12. The molecule has 2 rings (SSSR count). The normalized spacial score (nSPS) is 12.7. The maximum Gasteiger partial charge on any atom is 0.319 e. The van der Waals surface area contributed by atoms with Crippen LogP contribution in [-0.2, 0) is 20.9 Å². The van der Waals surface area contributed by atoms with E-state index in [9.17, 15) is 9.59 Å². The molecule has 0 saturated heterocycles. The zero-order chi connectivity index (χ0) is 18.9. The minimum absolute atomic E-state index is 0.305. The molecule has 0 fully saturated rings. The van der Waals surface area contributed by atoms with E-state index in [1.807, 2.05) is 54.6 Å². The summed E-state index contributed by atoms with van der Waals surface area (Å²) in [6.07, 6.45) is -0.865. The van der Waals surface area contributed by atoms with Crippen LogP contribution in [0.25, 0.3) is 0 Å². The van der Waals surface area contributed by atoms with Crippen LogP contribution in [0.3, 0.4) is 0 Å². The van der Waals surface area contributed by atoms with E-state index < -0.39 is 17.3 Å². The Morgan fingerprint density at radius 1 is 1.04 bits per heavy atom. The van der Waals surface area contributed by atoms with Crippen LogP contribution in [0.5, 0.6) is 5.75 Å². The number of hydrogen-bond donors (Lipinski definition) is 1. The first-order chi connectivity index (χ1) is 12.5. The highest BCUT2D eigenvalue weighted by Gasteiger charge is 2.22. The molecule has 0 radical (unpaired) electrons. The Hall–Kier alpha value is -2.47. The number of para-hydroxylation sites is 1. The molecule has 0 aliphatic heterocycles. The van der Waals surface area contributed by atoms with Crippen molar-refractivity contribution in [1.82, 2.24) is 5.32 Å². The van der Waals surface area contributed by atoms with Crippen LogP contribution in [-0.4, -0.2) is 30.3 Å². The van der Waals surface area contributed by atoms with Crippen LogP contribution >= 0.6 is 11.8 Å². The zero-order valence-electron chi connectivity index (χ0n) is 15.1. The average Bonchev–Trinajstić information content (AvgIpc) is 2.66. The van der Waals surface area contributed by atoms with E-state index in [4.69, 9.17) is 9.47 Å². The van der Waals surface area contributed by atoms with Crippen molar-refractivity contribution in [1.29, 1.82) is 0 Å². The van der Waals surface area contributed by atoms with E-state index in [0.29, 0.717) is 12.3 Å². The first-order valence-electron chi connectivity index (χ1n) is 8.33. The zero-order valence-corrected chi connectivity index (χ0v) is 15.9. The summed E-state index contributed by atoms with van der Waals surface area (Å²) in [4.78, 5) is 25.4. The summed E-state index contributed by atoms with van der Waals surface area (Å²) in [7, 11) is 1.58. The molecule has 0 aliphatic rings. The van der Waals surface area contributed by atoms with Crippen molar-refractivity contribution in [3.05, 3.63) is 60.2 Å². The number of thioether (sulfide) groups is 1. The number of benzene rings is 2. The molecule has 0 aromatic heterocycles. The Balaban J connectivity index is 1.83. The summed E-state index contributed by atoms with van der Waals surface area (Å²) >= 11 is 1.40. The van der Waals surface area contributed by atoms with Crippen LogP contribution in [0.15, 0.2) is 59.5 Å². The number of hydrogen-bond acceptors (Lipinski definition) is 5. The van der Waals surface area contributed by atoms with Crippen LogP contribution in [0, 0.1) is 0 Å². The number of methoxy groups -OCH3 is 1. The maximum absolute atomic E-state index is 12.2. The quantitative estimate of drug-likeness (QED) is 0.567. The molecule has 0 aliphatic carbocycles. The largest absolute Gasteiger partial charge is 0.496 e. The molecule has 2 unspecified atom stereocenters. The fraction of sp³-hybridized carbons (Fsp3) is 0.300. The van der Waals surface area contributed by atoms with Gasteiger partial charge in [-0.15, -0.1) is 11.8 Å². The highest BCUT2D eigenvalue weighted by atomic mass is 32.2. The molecule has 2 atom stereocenters. The van der Waals surface area contributed by atoms with Gasteiger partial charge < -0.3 is 14.8 Å². The van der Waals surface area contributed by atoms with Gasteiger partial charge in [0.15, 0.2) is 6.10 Å². The summed E-state index contributed by atoms with van der Waals surface area (Å²) < 4.78 is 10.5. The van der Waals surface area contributed by atoms with Crippen molar-refractivity contribution in [2.75, 3.05) is 7.11 Å². The van der Waals surface area contributed by atoms with Gasteiger partial charge in [0, 0.05) is 17.0 Å². The maximum atomic E-state index is 12.2. The molecule has 26 heavy (non-hydrogen) atoms. The number of esters is 1. The van der Waals surface area contributed by atoms with Crippen molar-refractivity contribution in [2.45, 2.75) is 36.6 Å². The summed E-state index contributed by atoms with van der Waals surface area (Å²) in [6, 6.07) is 17.0. The Labute approximate surface area is 158 Å². The molecule has 0 heterocycles. The second-order valence-corrected chi connectivity index (χ2v) is 7.10. The number of rotatable bonds is 8. The van der Waals surface area contributed by atoms with E-state index >= 15 is 0 Å². The van der Waals surface area contributed by atoms with Gasteiger partial charge in [-0.3, -0.25) is 9.59 Å². The Morgan fingerprint density at radius 3 is 2.38 bits per heavy atom. The first-order valence-corrected chi connectivity index (χ1v) is 9.21. The molecule has 0 bridgehead atoms. The molecule has 2 aromatic carbocycles. The molecule has 1 amide bonds. The van der Waals surface area contributed by atoms with Gasteiger partial charge in [-0.2, -0.15) is 0 Å². The van der Waals surface area contributed by atoms with Crippen molar-refractivity contribution in [3.63, 3.8) is 0 Å². The lowest BCUT2D eigenvalue weighted by Crippen LogP contribution is -2.37. The molecule has 5 nitrogen and oxygen atoms in total. The van der Waals surface area contributed by atoms with Crippen LogP contribution in [0.4, 0.5) is 0 Å². The van der Waals surface area contributed by atoms with E-state index in [2.05, 4.69) is 5.32 Å². The Bertz CT molecular complexity index is 736. The summed E-state index contributed by atoms with van der Waals surface area (Å²) in [5.41, 5.74) is 0.856. The van der Waals surface area contributed by atoms with Crippen LogP contribution in [0.1, 0.15) is 19.4 Å². The standard InChI is InChI=1S/C20H23NO4S/c1-14(19(22)21-13-16-9-7-8-12-18(16)24-3)25-20(23)15(2)26-17-10-5-4-6-11-17/h4-12,14-15H,13H2,1-3H3,(H,21,22). The summed E-state index contributed by atoms with van der Waals surface area (Å²) in [5.74, 6) is -0.0645. The molecule has 2 aromatic rings. The Kier molecular flexibility index (Phi) is 7.53. The highest BCUT2D eigenvalue weighted by molar-refractivity contribution is 8.00. The number of nitrogens with one attached hydrogen (secondary N) is 1. The lowest BCUT2D eigenvalue weighted by Gasteiger charge is -2.17. The lowest BCUT2D eigenvalue weighted by atomic mass is 10.2. The molecule has 0 saturated carbocycles. The molecule has 1 N–H and O–H groups in total. The number of ether oxygens (including phenoxy) is 2. The third-order valence-electron chi connectivity index (χ3n) is 3.70. The van der Waals surface area contributed by atoms with E-state index in [-0.39, 0.29) is 5.91 Å². The van der Waals surface area contributed by atoms with Gasteiger partial charge in [0.25, 0.3) is 5.91 Å². The minimum atomic E-state index is -0.865. The van der Waals surface area contributed by atoms with E-state index in [1.165, 1.54) is 11.8 Å². The minimum Gasteiger partial charge on any atom is -0.496 e. The molecular formula is C20H23NO4S. The van der Waals surface area contributed by atoms with Crippen molar-refractivity contribution < 1.29 is 19.1 Å². The van der Waals surface area contributed by atoms with Crippen molar-refractivity contribution >= 4 is 23.6 Å². The average molecular weight is 373 g/mol. The number of amides is 1. The topological polar surface area (TPSA) is 64.6 Å². The van der Waals surface area contributed by atoms with Gasteiger partial charge in [-0.25, -0.2) is 0 Å². The third-order valence-corrected chi connectivity index (χ3v) is 4.79. The van der Waals surface area contributed by atoms with Crippen LogP contribution < -0.4 is 10.1 Å². The summed E-state index contributed by atoms with van der Waals surface area (Å²) in [5, 5.41) is 2.36. The van der Waals surface area contributed by atoms with E-state index in [0.717, 1.165) is 10.5 Å². The molecule has 138 valence electrons. The van der Waals surface area contributed by atoms with Gasteiger partial charge in [0.05, 0.1) is 7.11 Å². The predicted molar refractivity (Wildman–Crippen MR) is 102 cm³/mol. The monoisotopic (exact) mass is 373 g/mol. The molecule has 0 spiro atoms. The van der Waals surface area contributed by atoms with Crippen LogP contribution in [0.2, 0.25) is 0 Å². The van der Waals surface area contributed by atoms with Gasteiger partial charge >= 0.3 is 5.97 Å². The van der Waals surface area contributed by atoms with E-state index in [1.54, 1.807) is 21.0 Å².